The molecule has 0 saturated carbocycles. The molecule has 92 valence electrons. The van der Waals surface area contributed by atoms with E-state index in [1.807, 2.05) is 0 Å². The number of rotatable bonds is 1. The monoisotopic (exact) mass is 295 g/mol. The van der Waals surface area contributed by atoms with E-state index in [-0.39, 0.29) is 0 Å². The van der Waals surface area contributed by atoms with Crippen LogP contribution in [0, 0.1) is 0 Å². The molecule has 1 unspecified atom stereocenters. The predicted octanol–water partition coefficient (Wildman–Crippen LogP) is 2.64. The Bertz CT molecular complexity index is 401. The third kappa shape index (κ3) is 2.56. The Balaban J connectivity index is 1.73. The third-order valence-electron chi connectivity index (χ3n) is 3.93. The van der Waals surface area contributed by atoms with Gasteiger partial charge in [-0.25, -0.2) is 0 Å². The predicted molar refractivity (Wildman–Crippen MR) is 72.3 cm³/mol. The lowest BCUT2D eigenvalue weighted by molar-refractivity contribution is 0.0137. The molecule has 2 nitrogen and oxygen atoms in total. The first-order valence-corrected chi connectivity index (χ1v) is 7.21. The van der Waals surface area contributed by atoms with Crippen LogP contribution in [0.25, 0.3) is 0 Å². The van der Waals surface area contributed by atoms with Gasteiger partial charge in [0.15, 0.2) is 0 Å². The molecule has 0 aromatic heterocycles. The van der Waals surface area contributed by atoms with Gasteiger partial charge in [-0.05, 0) is 42.5 Å². The Morgan fingerprint density at radius 2 is 2.00 bits per heavy atom. The van der Waals surface area contributed by atoms with Gasteiger partial charge in [-0.3, -0.25) is 4.90 Å². The fraction of sp³-hybridized carbons (Fsp3) is 0.571. The molecule has 0 amide bonds. The Kier molecular flexibility index (Phi) is 3.50. The van der Waals surface area contributed by atoms with Crippen molar-refractivity contribution >= 4 is 15.9 Å². The van der Waals surface area contributed by atoms with E-state index < -0.39 is 0 Å². The first-order valence-electron chi connectivity index (χ1n) is 6.42. The number of fused-ring (bicyclic) bond motifs is 1. The van der Waals surface area contributed by atoms with Crippen LogP contribution in [-0.4, -0.2) is 37.2 Å². The van der Waals surface area contributed by atoms with Crippen LogP contribution in [0.1, 0.15) is 17.5 Å². The van der Waals surface area contributed by atoms with Crippen molar-refractivity contribution in [3.8, 4) is 0 Å². The molecule has 0 spiro atoms. The molecule has 1 aromatic rings. The lowest BCUT2D eigenvalue weighted by Gasteiger charge is -2.37. The highest BCUT2D eigenvalue weighted by Gasteiger charge is 2.25. The van der Waals surface area contributed by atoms with E-state index in [1.54, 1.807) is 0 Å². The van der Waals surface area contributed by atoms with Crippen LogP contribution in [0.5, 0.6) is 0 Å². The summed E-state index contributed by atoms with van der Waals surface area (Å²) >= 11 is 3.56. The number of benzene rings is 1. The van der Waals surface area contributed by atoms with Gasteiger partial charge in [0.1, 0.15) is 0 Å². The Hall–Kier alpha value is -0.380. The van der Waals surface area contributed by atoms with Crippen molar-refractivity contribution in [2.24, 2.45) is 0 Å². The number of halogens is 1. The van der Waals surface area contributed by atoms with Gasteiger partial charge in [0.25, 0.3) is 0 Å². The van der Waals surface area contributed by atoms with Gasteiger partial charge in [-0.15, -0.1) is 0 Å². The number of nitrogens with zero attached hydrogens (tertiary/aromatic N) is 1. The maximum atomic E-state index is 5.43. The largest absolute Gasteiger partial charge is 0.379 e. The van der Waals surface area contributed by atoms with Gasteiger partial charge in [-0.2, -0.15) is 0 Å². The summed E-state index contributed by atoms with van der Waals surface area (Å²) in [6, 6.07) is 7.46. The number of morpholine rings is 1. The minimum absolute atomic E-state index is 0.729. The summed E-state index contributed by atoms with van der Waals surface area (Å²) in [7, 11) is 0. The fourth-order valence-electron chi connectivity index (χ4n) is 2.96. The summed E-state index contributed by atoms with van der Waals surface area (Å²) in [6.45, 7) is 4.03. The highest BCUT2D eigenvalue weighted by Crippen LogP contribution is 2.27. The molecule has 0 radical (unpaired) electrons. The van der Waals surface area contributed by atoms with E-state index >= 15 is 0 Å². The van der Waals surface area contributed by atoms with Crippen LogP contribution in [0.15, 0.2) is 22.7 Å². The smallest absolute Gasteiger partial charge is 0.0594 e. The summed E-state index contributed by atoms with van der Waals surface area (Å²) in [4.78, 5) is 2.61. The Morgan fingerprint density at radius 3 is 2.82 bits per heavy atom. The van der Waals surface area contributed by atoms with Crippen molar-refractivity contribution in [2.45, 2.75) is 25.3 Å². The summed E-state index contributed by atoms with van der Waals surface area (Å²) < 4.78 is 6.64. The van der Waals surface area contributed by atoms with E-state index in [2.05, 4.69) is 39.0 Å². The van der Waals surface area contributed by atoms with E-state index in [0.29, 0.717) is 0 Å². The van der Waals surface area contributed by atoms with Crippen LogP contribution >= 0.6 is 15.9 Å². The fourth-order valence-corrected chi connectivity index (χ4v) is 3.37. The highest BCUT2D eigenvalue weighted by molar-refractivity contribution is 9.10. The van der Waals surface area contributed by atoms with Crippen molar-refractivity contribution in [3.63, 3.8) is 0 Å². The van der Waals surface area contributed by atoms with Gasteiger partial charge in [-0.1, -0.05) is 22.0 Å². The zero-order chi connectivity index (χ0) is 11.7. The molecule has 1 aliphatic heterocycles. The van der Waals surface area contributed by atoms with Crippen LogP contribution < -0.4 is 0 Å². The molecule has 1 aliphatic carbocycles. The normalized spacial score (nSPS) is 25.6. The SMILES string of the molecule is Brc1ccc2c(c1)CCC(N1CCOCC1)C2. The molecule has 0 bridgehead atoms. The average Bonchev–Trinajstić information content (AvgIpc) is 2.39. The van der Waals surface area contributed by atoms with Gasteiger partial charge in [0.2, 0.25) is 0 Å². The van der Waals surface area contributed by atoms with Crippen molar-refractivity contribution in [3.05, 3.63) is 33.8 Å². The number of hydrogen-bond acceptors (Lipinski definition) is 2. The van der Waals surface area contributed by atoms with Gasteiger partial charge in [0.05, 0.1) is 13.2 Å². The standard InChI is InChI=1S/C14H18BrNO/c15-13-3-1-12-10-14(4-2-11(12)9-13)16-5-7-17-8-6-16/h1,3,9,14H,2,4-8,10H2. The molecule has 3 rings (SSSR count). The van der Waals surface area contributed by atoms with Crippen molar-refractivity contribution in [2.75, 3.05) is 26.3 Å². The minimum atomic E-state index is 0.729. The number of ether oxygens (including phenoxy) is 1. The number of aryl methyl sites for hydroxylation is 1. The van der Waals surface area contributed by atoms with Crippen LogP contribution in [0.3, 0.4) is 0 Å². The molecule has 1 heterocycles. The van der Waals surface area contributed by atoms with E-state index in [9.17, 15) is 0 Å². The molecular formula is C14H18BrNO. The summed E-state index contributed by atoms with van der Waals surface area (Å²) in [6.07, 6.45) is 3.73. The first-order chi connectivity index (χ1) is 8.33. The Labute approximate surface area is 111 Å². The van der Waals surface area contributed by atoms with Gasteiger partial charge in [0, 0.05) is 23.6 Å². The summed E-state index contributed by atoms with van der Waals surface area (Å²) in [5, 5.41) is 0. The molecule has 1 aromatic carbocycles. The second-order valence-corrected chi connectivity index (χ2v) is 5.87. The van der Waals surface area contributed by atoms with E-state index in [1.165, 1.54) is 34.9 Å². The summed E-state index contributed by atoms with van der Waals surface area (Å²) in [5.74, 6) is 0. The number of hydrogen-bond donors (Lipinski definition) is 0. The van der Waals surface area contributed by atoms with Crippen LogP contribution in [-0.2, 0) is 17.6 Å². The minimum Gasteiger partial charge on any atom is -0.379 e. The zero-order valence-electron chi connectivity index (χ0n) is 9.99. The maximum Gasteiger partial charge on any atom is 0.0594 e. The molecule has 3 heteroatoms. The van der Waals surface area contributed by atoms with Crippen molar-refractivity contribution in [1.29, 1.82) is 0 Å². The molecular weight excluding hydrogens is 278 g/mol. The third-order valence-corrected chi connectivity index (χ3v) is 4.43. The van der Waals surface area contributed by atoms with Gasteiger partial charge < -0.3 is 4.74 Å². The average molecular weight is 296 g/mol. The maximum absolute atomic E-state index is 5.43. The van der Waals surface area contributed by atoms with Crippen molar-refractivity contribution < 1.29 is 4.74 Å². The molecule has 1 atom stereocenters. The zero-order valence-corrected chi connectivity index (χ0v) is 11.6. The van der Waals surface area contributed by atoms with E-state index in [0.717, 1.165) is 32.3 Å². The second kappa shape index (κ2) is 5.09. The lowest BCUT2D eigenvalue weighted by Crippen LogP contribution is -2.45. The second-order valence-electron chi connectivity index (χ2n) is 4.96. The van der Waals surface area contributed by atoms with E-state index in [4.69, 9.17) is 4.74 Å². The molecule has 2 aliphatic rings. The highest BCUT2D eigenvalue weighted by atomic mass is 79.9. The topological polar surface area (TPSA) is 12.5 Å². The molecule has 17 heavy (non-hydrogen) atoms. The van der Waals surface area contributed by atoms with Gasteiger partial charge >= 0.3 is 0 Å². The van der Waals surface area contributed by atoms with Crippen LogP contribution in [0.4, 0.5) is 0 Å². The molecule has 0 N–H and O–H groups in total. The lowest BCUT2D eigenvalue weighted by atomic mass is 9.87. The van der Waals surface area contributed by atoms with Crippen molar-refractivity contribution in [1.82, 2.24) is 4.90 Å². The first kappa shape index (κ1) is 11.7. The quantitative estimate of drug-likeness (QED) is 0.790. The Morgan fingerprint density at radius 1 is 1.18 bits per heavy atom. The molecule has 1 saturated heterocycles. The van der Waals surface area contributed by atoms with Crippen LogP contribution in [0.2, 0.25) is 0 Å². The molecule has 1 fully saturated rings. The summed E-state index contributed by atoms with van der Waals surface area (Å²) in [5.41, 5.74) is 3.07.